The number of thioether (sulfide) groups is 1. The lowest BCUT2D eigenvalue weighted by atomic mass is 10.0. The van der Waals surface area contributed by atoms with Crippen molar-refractivity contribution in [1.82, 2.24) is 14.9 Å². The number of hydrogen-bond donors (Lipinski definition) is 2. The SMILES string of the molecule is O=C(Nc1ccccc1F)[C@@H]1Sc2nnc(-c3ccccc3)n2N[C@@H]1c1ccc(F)cc1. The van der Waals surface area contributed by atoms with Gasteiger partial charge in [0.15, 0.2) is 5.82 Å². The third-order valence-electron chi connectivity index (χ3n) is 5.09. The van der Waals surface area contributed by atoms with E-state index in [0.717, 1.165) is 5.56 Å². The summed E-state index contributed by atoms with van der Waals surface area (Å²) in [5.41, 5.74) is 4.95. The molecule has 1 amide bonds. The van der Waals surface area contributed by atoms with Gasteiger partial charge in [-0.25, -0.2) is 13.5 Å². The highest BCUT2D eigenvalue weighted by Gasteiger charge is 2.38. The first-order chi connectivity index (χ1) is 15.6. The fourth-order valence-corrected chi connectivity index (χ4v) is 4.60. The number of nitrogens with one attached hydrogen (secondary N) is 2. The van der Waals surface area contributed by atoms with Crippen molar-refractivity contribution >= 4 is 23.4 Å². The van der Waals surface area contributed by atoms with E-state index < -0.39 is 23.0 Å². The van der Waals surface area contributed by atoms with Gasteiger partial charge in [-0.2, -0.15) is 0 Å². The van der Waals surface area contributed by atoms with Crippen LogP contribution in [0.2, 0.25) is 0 Å². The lowest BCUT2D eigenvalue weighted by Crippen LogP contribution is -2.41. The van der Waals surface area contributed by atoms with Crippen LogP contribution in [0.15, 0.2) is 84.0 Å². The number of amides is 1. The minimum Gasteiger partial charge on any atom is -0.323 e. The smallest absolute Gasteiger partial charge is 0.240 e. The molecule has 6 nitrogen and oxygen atoms in total. The van der Waals surface area contributed by atoms with Gasteiger partial charge < -0.3 is 10.7 Å². The Hall–Kier alpha value is -3.72. The van der Waals surface area contributed by atoms with E-state index in [-0.39, 0.29) is 11.5 Å². The van der Waals surface area contributed by atoms with Crippen LogP contribution in [0, 0.1) is 11.6 Å². The number of hydrogen-bond acceptors (Lipinski definition) is 5. The Morgan fingerprint density at radius 1 is 0.938 bits per heavy atom. The molecule has 9 heteroatoms. The first-order valence-corrected chi connectivity index (χ1v) is 10.7. The zero-order valence-electron chi connectivity index (χ0n) is 16.6. The van der Waals surface area contributed by atoms with Crippen molar-refractivity contribution in [1.29, 1.82) is 0 Å². The van der Waals surface area contributed by atoms with E-state index in [1.807, 2.05) is 30.3 Å². The molecule has 0 saturated carbocycles. The van der Waals surface area contributed by atoms with E-state index in [1.54, 1.807) is 28.9 Å². The third kappa shape index (κ3) is 3.82. The maximum absolute atomic E-state index is 14.1. The molecule has 0 spiro atoms. The Labute approximate surface area is 186 Å². The van der Waals surface area contributed by atoms with Crippen LogP contribution in [0.3, 0.4) is 0 Å². The summed E-state index contributed by atoms with van der Waals surface area (Å²) >= 11 is 1.21. The molecule has 2 N–H and O–H groups in total. The Morgan fingerprint density at radius 2 is 1.66 bits per heavy atom. The third-order valence-corrected chi connectivity index (χ3v) is 6.30. The molecule has 1 aliphatic heterocycles. The van der Waals surface area contributed by atoms with Crippen LogP contribution in [0.1, 0.15) is 11.6 Å². The highest BCUT2D eigenvalue weighted by Crippen LogP contribution is 2.39. The average molecular weight is 449 g/mol. The summed E-state index contributed by atoms with van der Waals surface area (Å²) in [7, 11) is 0. The van der Waals surface area contributed by atoms with E-state index in [0.29, 0.717) is 16.5 Å². The van der Waals surface area contributed by atoms with Gasteiger partial charge in [0.1, 0.15) is 16.9 Å². The van der Waals surface area contributed by atoms with Gasteiger partial charge in [-0.1, -0.05) is 66.4 Å². The molecule has 3 aromatic carbocycles. The van der Waals surface area contributed by atoms with Crippen molar-refractivity contribution in [2.75, 3.05) is 10.7 Å². The van der Waals surface area contributed by atoms with E-state index in [1.165, 1.54) is 36.0 Å². The second kappa shape index (κ2) is 8.43. The zero-order valence-corrected chi connectivity index (χ0v) is 17.4. The van der Waals surface area contributed by atoms with Crippen molar-refractivity contribution in [3.05, 3.63) is 96.1 Å². The summed E-state index contributed by atoms with van der Waals surface area (Å²) in [4.78, 5) is 13.2. The number of anilines is 1. The number of carbonyl (C=O) groups excluding carboxylic acids is 1. The Kier molecular flexibility index (Phi) is 5.32. The standard InChI is InChI=1S/C23H17F2N5OS/c24-16-12-10-14(11-13-16)19-20(22(31)26-18-9-5-4-8-17(18)25)32-23-28-27-21(30(23)29-19)15-6-2-1-3-7-15/h1-13,19-20,29H,(H,26,31)/t19-,20-/m1/s1. The van der Waals surface area contributed by atoms with Crippen LogP contribution in [0.25, 0.3) is 11.4 Å². The maximum Gasteiger partial charge on any atom is 0.240 e. The summed E-state index contributed by atoms with van der Waals surface area (Å²) in [6.07, 6.45) is 0. The molecule has 0 fully saturated rings. The van der Waals surface area contributed by atoms with Crippen LogP contribution in [0.5, 0.6) is 0 Å². The predicted molar refractivity (Wildman–Crippen MR) is 119 cm³/mol. The number of halogens is 2. The molecular weight excluding hydrogens is 432 g/mol. The fourth-order valence-electron chi connectivity index (χ4n) is 3.52. The van der Waals surface area contributed by atoms with Crippen molar-refractivity contribution in [3.8, 4) is 11.4 Å². The Balaban J connectivity index is 1.52. The lowest BCUT2D eigenvalue weighted by molar-refractivity contribution is -0.116. The van der Waals surface area contributed by atoms with Gasteiger partial charge in [-0.3, -0.25) is 4.79 Å². The second-order valence-corrected chi connectivity index (χ2v) is 8.28. The molecule has 0 aliphatic carbocycles. The second-order valence-electron chi connectivity index (χ2n) is 7.17. The molecule has 0 bridgehead atoms. The number of benzene rings is 3. The number of aromatic nitrogens is 3. The Morgan fingerprint density at radius 3 is 2.41 bits per heavy atom. The van der Waals surface area contributed by atoms with Gasteiger partial charge in [0.2, 0.25) is 11.1 Å². The molecule has 160 valence electrons. The number of nitrogens with zero attached hydrogens (tertiary/aromatic N) is 3. The van der Waals surface area contributed by atoms with Gasteiger partial charge in [0, 0.05) is 5.56 Å². The summed E-state index contributed by atoms with van der Waals surface area (Å²) in [5.74, 6) is -0.715. The van der Waals surface area contributed by atoms with Crippen LogP contribution in [-0.2, 0) is 4.79 Å². The van der Waals surface area contributed by atoms with Gasteiger partial charge in [0.05, 0.1) is 11.7 Å². The van der Waals surface area contributed by atoms with Gasteiger partial charge in [-0.15, -0.1) is 10.2 Å². The number of carbonyl (C=O) groups is 1. The molecule has 32 heavy (non-hydrogen) atoms. The highest BCUT2D eigenvalue weighted by atomic mass is 32.2. The number of fused-ring (bicyclic) bond motifs is 1. The lowest BCUT2D eigenvalue weighted by Gasteiger charge is -2.33. The van der Waals surface area contributed by atoms with E-state index >= 15 is 0 Å². The molecule has 0 radical (unpaired) electrons. The minimum atomic E-state index is -0.708. The molecule has 1 aliphatic rings. The molecule has 2 atom stereocenters. The van der Waals surface area contributed by atoms with Crippen LogP contribution in [0.4, 0.5) is 14.5 Å². The molecular formula is C23H17F2N5OS. The predicted octanol–water partition coefficient (Wildman–Crippen LogP) is 4.62. The number of rotatable bonds is 4. The van der Waals surface area contributed by atoms with Crippen LogP contribution in [-0.4, -0.2) is 26.0 Å². The van der Waals surface area contributed by atoms with E-state index in [2.05, 4.69) is 20.9 Å². The monoisotopic (exact) mass is 449 g/mol. The zero-order chi connectivity index (χ0) is 22.1. The molecule has 0 saturated heterocycles. The fraction of sp³-hybridized carbons (Fsp3) is 0.0870. The summed E-state index contributed by atoms with van der Waals surface area (Å²) in [6, 6.07) is 20.9. The first-order valence-electron chi connectivity index (χ1n) is 9.85. The van der Waals surface area contributed by atoms with Crippen LogP contribution < -0.4 is 10.7 Å². The Bertz CT molecular complexity index is 1260. The van der Waals surface area contributed by atoms with Crippen molar-refractivity contribution < 1.29 is 13.6 Å². The summed E-state index contributed by atoms with van der Waals surface area (Å²) in [6.45, 7) is 0. The molecule has 0 unspecified atom stereocenters. The van der Waals surface area contributed by atoms with E-state index in [4.69, 9.17) is 0 Å². The molecule has 5 rings (SSSR count). The summed E-state index contributed by atoms with van der Waals surface area (Å²) in [5, 5.41) is 11.0. The van der Waals surface area contributed by atoms with Gasteiger partial charge >= 0.3 is 0 Å². The topological polar surface area (TPSA) is 71.8 Å². The quantitative estimate of drug-likeness (QED) is 0.476. The molecule has 1 aromatic heterocycles. The van der Waals surface area contributed by atoms with Crippen LogP contribution >= 0.6 is 11.8 Å². The highest BCUT2D eigenvalue weighted by molar-refractivity contribution is 8.00. The van der Waals surface area contributed by atoms with E-state index in [9.17, 15) is 13.6 Å². The van der Waals surface area contributed by atoms with Crippen molar-refractivity contribution in [2.24, 2.45) is 0 Å². The van der Waals surface area contributed by atoms with Gasteiger partial charge in [-0.05, 0) is 29.8 Å². The average Bonchev–Trinajstić information content (AvgIpc) is 3.24. The normalized spacial score (nSPS) is 17.3. The first kappa shape index (κ1) is 20.2. The van der Waals surface area contributed by atoms with Crippen molar-refractivity contribution in [2.45, 2.75) is 16.4 Å². The summed E-state index contributed by atoms with van der Waals surface area (Å²) < 4.78 is 29.4. The molecule has 2 heterocycles. The largest absolute Gasteiger partial charge is 0.323 e. The minimum absolute atomic E-state index is 0.0907. The molecule has 4 aromatic rings. The maximum atomic E-state index is 14.1. The van der Waals surface area contributed by atoms with Crippen molar-refractivity contribution in [3.63, 3.8) is 0 Å². The van der Waals surface area contributed by atoms with Gasteiger partial charge in [0.25, 0.3) is 0 Å². The number of para-hydroxylation sites is 1.